The van der Waals surface area contributed by atoms with E-state index in [4.69, 9.17) is 14.2 Å². The monoisotopic (exact) mass is 793 g/mol. The first-order valence-electron chi connectivity index (χ1n) is 23.1. The standard InChI is InChI=1S/C51H84O6/c1-4-7-10-13-16-19-21-23-24-25-26-28-29-32-35-38-41-44-50(53)56-47-48(46-55-49(52)43-40-37-34-31-18-15-12-9-6-3)57-51(54)45-42-39-36-33-30-27-22-20-17-14-11-8-5-2/h7,10-11,14,16,19-20,22-24,26,28,32,35,48H,4-6,8-9,12-13,15,17-18,21,25,27,29-31,33-34,36-47H2,1-3H3/b10-7-,14-11-,19-16-,22-20-,24-23-,28-26-,35-32-. The Hall–Kier alpha value is -3.41. The molecule has 0 saturated heterocycles. The molecule has 0 saturated carbocycles. The number of esters is 3. The zero-order valence-electron chi connectivity index (χ0n) is 36.8. The van der Waals surface area contributed by atoms with Gasteiger partial charge in [0, 0.05) is 19.3 Å². The van der Waals surface area contributed by atoms with Gasteiger partial charge in [-0.1, -0.05) is 183 Å². The highest BCUT2D eigenvalue weighted by Crippen LogP contribution is 2.13. The van der Waals surface area contributed by atoms with Gasteiger partial charge in [0.25, 0.3) is 0 Å². The van der Waals surface area contributed by atoms with Gasteiger partial charge in [0.1, 0.15) is 13.2 Å². The van der Waals surface area contributed by atoms with E-state index in [-0.39, 0.29) is 37.5 Å². The Balaban J connectivity index is 4.48. The van der Waals surface area contributed by atoms with Crippen LogP contribution in [0.3, 0.4) is 0 Å². The fraction of sp³-hybridized carbons (Fsp3) is 0.667. The van der Waals surface area contributed by atoms with Crippen LogP contribution in [-0.4, -0.2) is 37.2 Å². The molecule has 57 heavy (non-hydrogen) atoms. The SMILES string of the molecule is CC/C=C\C/C=C\C/C=C\C/C=C\C/C=C\CCCC(=O)OCC(COC(=O)CCCCCCCCCCC)OC(=O)CCCCCCC/C=C\C/C=C\CCC. The maximum absolute atomic E-state index is 12.7. The van der Waals surface area contributed by atoms with E-state index < -0.39 is 6.10 Å². The van der Waals surface area contributed by atoms with Gasteiger partial charge >= 0.3 is 17.9 Å². The second-order valence-electron chi connectivity index (χ2n) is 14.9. The lowest BCUT2D eigenvalue weighted by Gasteiger charge is -2.18. The fourth-order valence-electron chi connectivity index (χ4n) is 5.93. The fourth-order valence-corrected chi connectivity index (χ4v) is 5.93. The van der Waals surface area contributed by atoms with Gasteiger partial charge in [-0.2, -0.15) is 0 Å². The van der Waals surface area contributed by atoms with E-state index in [1.54, 1.807) is 0 Å². The summed E-state index contributed by atoms with van der Waals surface area (Å²) in [6.07, 6.45) is 57.1. The van der Waals surface area contributed by atoms with Crippen molar-refractivity contribution in [1.29, 1.82) is 0 Å². The normalized spacial score (nSPS) is 12.8. The third kappa shape index (κ3) is 43.6. The highest BCUT2D eigenvalue weighted by atomic mass is 16.6. The average molecular weight is 793 g/mol. The smallest absolute Gasteiger partial charge is 0.306 e. The van der Waals surface area contributed by atoms with Crippen molar-refractivity contribution in [2.75, 3.05) is 13.2 Å². The predicted octanol–water partition coefficient (Wildman–Crippen LogP) is 14.9. The predicted molar refractivity (Wildman–Crippen MR) is 242 cm³/mol. The van der Waals surface area contributed by atoms with E-state index in [1.807, 2.05) is 0 Å². The van der Waals surface area contributed by atoms with Crippen LogP contribution in [-0.2, 0) is 28.6 Å². The summed E-state index contributed by atoms with van der Waals surface area (Å²) in [6, 6.07) is 0. The van der Waals surface area contributed by atoms with Crippen molar-refractivity contribution in [2.45, 2.75) is 207 Å². The minimum absolute atomic E-state index is 0.1000. The molecule has 6 nitrogen and oxygen atoms in total. The number of ether oxygens (including phenoxy) is 3. The lowest BCUT2D eigenvalue weighted by molar-refractivity contribution is -0.167. The molecule has 0 aliphatic carbocycles. The van der Waals surface area contributed by atoms with Crippen LogP contribution in [0.15, 0.2) is 85.1 Å². The van der Waals surface area contributed by atoms with Crippen LogP contribution in [0.5, 0.6) is 0 Å². The molecule has 1 unspecified atom stereocenters. The van der Waals surface area contributed by atoms with E-state index in [0.29, 0.717) is 19.3 Å². The van der Waals surface area contributed by atoms with E-state index in [9.17, 15) is 14.4 Å². The Morgan fingerprint density at radius 1 is 0.368 bits per heavy atom. The molecular weight excluding hydrogens is 709 g/mol. The largest absolute Gasteiger partial charge is 0.462 e. The second kappa shape index (κ2) is 45.3. The van der Waals surface area contributed by atoms with Crippen LogP contribution in [0.4, 0.5) is 0 Å². The molecule has 0 N–H and O–H groups in total. The van der Waals surface area contributed by atoms with Gasteiger partial charge in [0.15, 0.2) is 6.10 Å². The first kappa shape index (κ1) is 53.6. The van der Waals surface area contributed by atoms with Crippen molar-refractivity contribution in [3.05, 3.63) is 85.1 Å². The van der Waals surface area contributed by atoms with Gasteiger partial charge < -0.3 is 14.2 Å². The first-order chi connectivity index (χ1) is 28.0. The summed E-state index contributed by atoms with van der Waals surface area (Å²) in [7, 11) is 0. The molecule has 6 heteroatoms. The van der Waals surface area contributed by atoms with Crippen molar-refractivity contribution >= 4 is 17.9 Å². The van der Waals surface area contributed by atoms with Crippen molar-refractivity contribution in [3.8, 4) is 0 Å². The van der Waals surface area contributed by atoms with Gasteiger partial charge in [-0.3, -0.25) is 14.4 Å². The van der Waals surface area contributed by atoms with Crippen molar-refractivity contribution < 1.29 is 28.6 Å². The number of hydrogen-bond donors (Lipinski definition) is 0. The Labute approximate surface area is 350 Å². The summed E-state index contributed by atoms with van der Waals surface area (Å²) in [5, 5.41) is 0. The first-order valence-corrected chi connectivity index (χ1v) is 23.1. The lowest BCUT2D eigenvalue weighted by Crippen LogP contribution is -2.30. The third-order valence-electron chi connectivity index (χ3n) is 9.36. The van der Waals surface area contributed by atoms with Crippen LogP contribution < -0.4 is 0 Å². The number of unbranched alkanes of at least 4 members (excludes halogenated alkanes) is 15. The van der Waals surface area contributed by atoms with Gasteiger partial charge in [-0.15, -0.1) is 0 Å². The zero-order chi connectivity index (χ0) is 41.5. The molecule has 0 aliphatic rings. The van der Waals surface area contributed by atoms with Crippen LogP contribution in [0.1, 0.15) is 201 Å². The summed E-state index contributed by atoms with van der Waals surface area (Å²) in [4.78, 5) is 37.7. The minimum atomic E-state index is -0.803. The maximum atomic E-state index is 12.7. The summed E-state index contributed by atoms with van der Waals surface area (Å²) >= 11 is 0. The summed E-state index contributed by atoms with van der Waals surface area (Å²) in [5.74, 6) is -0.985. The van der Waals surface area contributed by atoms with Crippen LogP contribution in [0.25, 0.3) is 0 Å². The Bertz CT molecular complexity index is 1140. The highest BCUT2D eigenvalue weighted by molar-refractivity contribution is 5.71. The molecule has 0 aromatic rings. The molecule has 0 radical (unpaired) electrons. The van der Waals surface area contributed by atoms with Crippen molar-refractivity contribution in [1.82, 2.24) is 0 Å². The van der Waals surface area contributed by atoms with E-state index >= 15 is 0 Å². The molecule has 0 amide bonds. The molecule has 0 bridgehead atoms. The highest BCUT2D eigenvalue weighted by Gasteiger charge is 2.19. The number of rotatable bonds is 40. The molecule has 1 atom stereocenters. The molecule has 0 rings (SSSR count). The number of hydrogen-bond acceptors (Lipinski definition) is 6. The van der Waals surface area contributed by atoms with Crippen LogP contribution in [0.2, 0.25) is 0 Å². The molecular formula is C51H84O6. The topological polar surface area (TPSA) is 78.9 Å². The summed E-state index contributed by atoms with van der Waals surface area (Å²) < 4.78 is 16.6. The molecule has 0 aliphatic heterocycles. The van der Waals surface area contributed by atoms with E-state index in [0.717, 1.165) is 109 Å². The number of carbonyl (C=O) groups is 3. The Morgan fingerprint density at radius 2 is 0.737 bits per heavy atom. The Kier molecular flexibility index (Phi) is 42.6. The molecule has 0 fully saturated rings. The number of allylic oxidation sites excluding steroid dienone is 14. The van der Waals surface area contributed by atoms with Gasteiger partial charge in [0.05, 0.1) is 0 Å². The second-order valence-corrected chi connectivity index (χ2v) is 14.9. The Morgan fingerprint density at radius 3 is 1.21 bits per heavy atom. The lowest BCUT2D eigenvalue weighted by atomic mass is 10.1. The molecule has 0 spiro atoms. The van der Waals surface area contributed by atoms with Gasteiger partial charge in [-0.25, -0.2) is 0 Å². The van der Waals surface area contributed by atoms with Gasteiger partial charge in [-0.05, 0) is 83.5 Å². The maximum Gasteiger partial charge on any atom is 0.306 e. The molecule has 0 heterocycles. The van der Waals surface area contributed by atoms with Crippen molar-refractivity contribution in [3.63, 3.8) is 0 Å². The van der Waals surface area contributed by atoms with E-state index in [1.165, 1.54) is 44.9 Å². The average Bonchev–Trinajstić information content (AvgIpc) is 3.21. The number of carbonyl (C=O) groups excluding carboxylic acids is 3. The summed E-state index contributed by atoms with van der Waals surface area (Å²) in [6.45, 7) is 6.35. The minimum Gasteiger partial charge on any atom is -0.462 e. The van der Waals surface area contributed by atoms with E-state index in [2.05, 4.69) is 106 Å². The molecule has 0 aromatic heterocycles. The third-order valence-corrected chi connectivity index (χ3v) is 9.36. The molecule has 0 aromatic carbocycles. The zero-order valence-corrected chi connectivity index (χ0v) is 36.8. The van der Waals surface area contributed by atoms with Crippen molar-refractivity contribution in [2.24, 2.45) is 0 Å². The molecule has 324 valence electrons. The van der Waals surface area contributed by atoms with Crippen LogP contribution >= 0.6 is 0 Å². The van der Waals surface area contributed by atoms with Crippen LogP contribution in [0, 0.1) is 0 Å². The quantitative estimate of drug-likeness (QED) is 0.0266. The van der Waals surface area contributed by atoms with Gasteiger partial charge in [0.2, 0.25) is 0 Å². The summed E-state index contributed by atoms with van der Waals surface area (Å²) in [5.41, 5.74) is 0.